The maximum absolute atomic E-state index is 13.5. The fourth-order valence-corrected chi connectivity index (χ4v) is 6.58. The molecule has 12 nitrogen and oxygen atoms in total. The molecule has 0 unspecified atom stereocenters. The summed E-state index contributed by atoms with van der Waals surface area (Å²) in [4.78, 5) is 42.2. The van der Waals surface area contributed by atoms with Crippen LogP contribution in [-0.4, -0.2) is 113 Å². The fourth-order valence-electron chi connectivity index (χ4n) is 4.92. The molecule has 2 aliphatic rings. The molecular weight excluding hydrogens is 576 g/mol. The van der Waals surface area contributed by atoms with Gasteiger partial charge in [-0.05, 0) is 49.6 Å². The second-order valence-corrected chi connectivity index (χ2v) is 12.8. The largest absolute Gasteiger partial charge is 0.463 e. The Morgan fingerprint density at radius 3 is 2.35 bits per heavy atom. The maximum atomic E-state index is 13.5. The molecule has 234 valence electrons. The van der Waals surface area contributed by atoms with Gasteiger partial charge in [-0.25, -0.2) is 18.0 Å². The monoisotopic (exact) mass is 616 g/mol. The Hall–Kier alpha value is -3.52. The zero-order valence-corrected chi connectivity index (χ0v) is 25.7. The molecule has 0 radical (unpaired) electrons. The number of carbonyl (C=O) groups is 3. The molecule has 0 saturated carbocycles. The maximum Gasteiger partial charge on any atom is 0.414 e. The first-order valence-corrected chi connectivity index (χ1v) is 15.8. The van der Waals surface area contributed by atoms with Crippen molar-refractivity contribution in [2.75, 3.05) is 60.1 Å². The van der Waals surface area contributed by atoms with E-state index in [1.54, 1.807) is 50.5 Å². The van der Waals surface area contributed by atoms with E-state index in [2.05, 4.69) is 10.2 Å². The lowest BCUT2D eigenvalue weighted by molar-refractivity contribution is -0.148. The number of sulfonamides is 1. The molecule has 0 aliphatic carbocycles. The molecule has 2 saturated heterocycles. The SMILES string of the molecule is Cc1ccc(S(=O)(=O)N2CCC[C@H]2C(=O)N[C@@H](Cc2ccc(OC(=O)N(C)C)cc2)C(=O)OCCN2CCOCC2)cc1. The number of rotatable bonds is 11. The van der Waals surface area contributed by atoms with Crippen LogP contribution in [0.15, 0.2) is 53.4 Å². The molecule has 13 heteroatoms. The number of esters is 1. The van der Waals surface area contributed by atoms with Crippen LogP contribution in [0.5, 0.6) is 5.75 Å². The molecule has 0 bridgehead atoms. The molecule has 2 heterocycles. The molecule has 1 N–H and O–H groups in total. The minimum atomic E-state index is -3.92. The van der Waals surface area contributed by atoms with Crippen molar-refractivity contribution in [2.45, 2.75) is 43.2 Å². The van der Waals surface area contributed by atoms with Gasteiger partial charge in [-0.3, -0.25) is 9.69 Å². The molecule has 0 aromatic heterocycles. The lowest BCUT2D eigenvalue weighted by Gasteiger charge is -2.27. The molecular formula is C30H40N4O8S. The van der Waals surface area contributed by atoms with Crippen LogP contribution in [0, 0.1) is 6.92 Å². The van der Waals surface area contributed by atoms with Gasteiger partial charge in [0, 0.05) is 46.7 Å². The molecule has 2 aromatic carbocycles. The summed E-state index contributed by atoms with van der Waals surface area (Å²) >= 11 is 0. The third-order valence-corrected chi connectivity index (χ3v) is 9.35. The van der Waals surface area contributed by atoms with Gasteiger partial charge in [0.15, 0.2) is 0 Å². The van der Waals surface area contributed by atoms with Crippen LogP contribution in [0.25, 0.3) is 0 Å². The Balaban J connectivity index is 1.46. The van der Waals surface area contributed by atoms with Gasteiger partial charge in [0.25, 0.3) is 0 Å². The molecule has 2 aliphatic heterocycles. The zero-order valence-electron chi connectivity index (χ0n) is 24.9. The van der Waals surface area contributed by atoms with E-state index in [0.29, 0.717) is 43.9 Å². The Morgan fingerprint density at radius 2 is 1.70 bits per heavy atom. The summed E-state index contributed by atoms with van der Waals surface area (Å²) in [7, 11) is -0.765. The van der Waals surface area contributed by atoms with Crippen molar-refractivity contribution < 1.29 is 37.0 Å². The lowest BCUT2D eigenvalue weighted by Crippen LogP contribution is -2.52. The van der Waals surface area contributed by atoms with Gasteiger partial charge in [-0.15, -0.1) is 0 Å². The quantitative estimate of drug-likeness (QED) is 0.375. The van der Waals surface area contributed by atoms with Gasteiger partial charge in [0.2, 0.25) is 15.9 Å². The molecule has 2 fully saturated rings. The van der Waals surface area contributed by atoms with Crippen LogP contribution in [0.4, 0.5) is 4.79 Å². The number of benzene rings is 2. The summed E-state index contributed by atoms with van der Waals surface area (Å²) < 4.78 is 44.2. The van der Waals surface area contributed by atoms with Crippen molar-refractivity contribution in [1.29, 1.82) is 0 Å². The van der Waals surface area contributed by atoms with Crippen molar-refractivity contribution in [1.82, 2.24) is 19.4 Å². The second-order valence-electron chi connectivity index (χ2n) is 10.9. The highest BCUT2D eigenvalue weighted by Crippen LogP contribution is 2.27. The first kappa shape index (κ1) is 32.4. The van der Waals surface area contributed by atoms with E-state index < -0.39 is 40.1 Å². The number of amides is 2. The number of aryl methyl sites for hydroxylation is 1. The Kier molecular flexibility index (Phi) is 11.1. The summed E-state index contributed by atoms with van der Waals surface area (Å²) in [6.45, 7) is 5.48. The predicted molar refractivity (Wildman–Crippen MR) is 158 cm³/mol. The van der Waals surface area contributed by atoms with E-state index in [0.717, 1.165) is 18.7 Å². The van der Waals surface area contributed by atoms with Crippen molar-refractivity contribution >= 4 is 28.0 Å². The number of nitrogens with zero attached hydrogens (tertiary/aromatic N) is 3. The van der Waals surface area contributed by atoms with Gasteiger partial charge in [0.05, 0.1) is 18.1 Å². The van der Waals surface area contributed by atoms with E-state index in [-0.39, 0.29) is 24.5 Å². The minimum Gasteiger partial charge on any atom is -0.463 e. The van der Waals surface area contributed by atoms with Crippen molar-refractivity contribution in [3.05, 3.63) is 59.7 Å². The van der Waals surface area contributed by atoms with E-state index in [4.69, 9.17) is 14.2 Å². The molecule has 2 amide bonds. The molecule has 2 atom stereocenters. The number of nitrogens with one attached hydrogen (secondary N) is 1. The number of hydrogen-bond acceptors (Lipinski definition) is 9. The van der Waals surface area contributed by atoms with Crippen LogP contribution in [0.3, 0.4) is 0 Å². The predicted octanol–water partition coefficient (Wildman–Crippen LogP) is 1.81. The first-order chi connectivity index (χ1) is 20.5. The molecule has 2 aromatic rings. The number of carbonyl (C=O) groups excluding carboxylic acids is 3. The van der Waals surface area contributed by atoms with Crippen molar-refractivity contribution in [2.24, 2.45) is 0 Å². The van der Waals surface area contributed by atoms with Gasteiger partial charge in [-0.2, -0.15) is 4.31 Å². The van der Waals surface area contributed by atoms with Crippen LogP contribution in [0.1, 0.15) is 24.0 Å². The Bertz CT molecular complexity index is 1360. The molecule has 43 heavy (non-hydrogen) atoms. The summed E-state index contributed by atoms with van der Waals surface area (Å²) in [6, 6.07) is 11.1. The number of morpholine rings is 1. The lowest BCUT2D eigenvalue weighted by atomic mass is 10.0. The minimum absolute atomic E-state index is 0.0987. The van der Waals surface area contributed by atoms with E-state index in [1.807, 2.05) is 6.92 Å². The summed E-state index contributed by atoms with van der Waals surface area (Å²) in [6.07, 6.45) is 0.428. The Labute approximate surface area is 252 Å². The fraction of sp³-hybridized carbons (Fsp3) is 0.500. The number of ether oxygens (including phenoxy) is 3. The highest BCUT2D eigenvalue weighted by molar-refractivity contribution is 7.89. The highest BCUT2D eigenvalue weighted by atomic mass is 32.2. The van der Waals surface area contributed by atoms with E-state index in [1.165, 1.54) is 21.3 Å². The van der Waals surface area contributed by atoms with Crippen LogP contribution in [-0.2, 0) is 35.5 Å². The van der Waals surface area contributed by atoms with Crippen LogP contribution >= 0.6 is 0 Å². The van der Waals surface area contributed by atoms with Gasteiger partial charge < -0.3 is 24.4 Å². The standard InChI is InChI=1S/C30H40N4O8S/c1-22-6-12-25(13-7-22)43(38,39)34-14-4-5-27(34)28(35)31-26(29(36)41-20-17-33-15-18-40-19-16-33)21-23-8-10-24(11-9-23)42-30(37)32(2)3/h6-13,26-27H,4-5,14-21H2,1-3H3,(H,31,35)/t26-,27-/m0/s1. The third-order valence-electron chi connectivity index (χ3n) is 7.42. The highest BCUT2D eigenvalue weighted by Gasteiger charge is 2.40. The van der Waals surface area contributed by atoms with Gasteiger partial charge in [-0.1, -0.05) is 29.8 Å². The number of hydrogen-bond donors (Lipinski definition) is 1. The molecule has 0 spiro atoms. The summed E-state index contributed by atoms with van der Waals surface area (Å²) in [5.41, 5.74) is 1.61. The van der Waals surface area contributed by atoms with E-state index >= 15 is 0 Å². The van der Waals surface area contributed by atoms with Crippen LogP contribution in [0.2, 0.25) is 0 Å². The topological polar surface area (TPSA) is 135 Å². The van der Waals surface area contributed by atoms with Gasteiger partial charge >= 0.3 is 12.1 Å². The summed E-state index contributed by atoms with van der Waals surface area (Å²) in [5, 5.41) is 2.77. The molecule has 4 rings (SSSR count). The van der Waals surface area contributed by atoms with Gasteiger partial charge in [0.1, 0.15) is 24.4 Å². The first-order valence-electron chi connectivity index (χ1n) is 14.4. The van der Waals surface area contributed by atoms with Crippen molar-refractivity contribution in [3.8, 4) is 5.75 Å². The Morgan fingerprint density at radius 1 is 1.02 bits per heavy atom. The van der Waals surface area contributed by atoms with Crippen molar-refractivity contribution in [3.63, 3.8) is 0 Å². The smallest absolute Gasteiger partial charge is 0.414 e. The third kappa shape index (κ3) is 8.75. The van der Waals surface area contributed by atoms with E-state index in [9.17, 15) is 22.8 Å². The average molecular weight is 617 g/mol. The summed E-state index contributed by atoms with van der Waals surface area (Å²) in [5.74, 6) is -0.838. The zero-order chi connectivity index (χ0) is 31.0. The second kappa shape index (κ2) is 14.8. The normalized spacial score (nSPS) is 18.5. The van der Waals surface area contributed by atoms with Crippen LogP contribution < -0.4 is 10.1 Å². The average Bonchev–Trinajstić information content (AvgIpc) is 3.50.